The minimum atomic E-state index is -0.864. The lowest BCUT2D eigenvalue weighted by Crippen LogP contribution is -2.34. The van der Waals surface area contributed by atoms with E-state index in [-0.39, 0.29) is 22.8 Å². The van der Waals surface area contributed by atoms with Gasteiger partial charge in [0.25, 0.3) is 5.56 Å². The molecule has 2 aromatic heterocycles. The van der Waals surface area contributed by atoms with Gasteiger partial charge in [-0.25, -0.2) is 4.79 Å². The van der Waals surface area contributed by atoms with Gasteiger partial charge < -0.3 is 21.2 Å². The predicted molar refractivity (Wildman–Crippen MR) is 150 cm³/mol. The fraction of sp³-hybridized carbons (Fsp3) is 0.286. The molecule has 4 aromatic rings. The number of hydrogen-bond donors (Lipinski definition) is 3. The molecule has 0 bridgehead atoms. The second-order valence-electron chi connectivity index (χ2n) is 9.57. The van der Waals surface area contributed by atoms with Gasteiger partial charge in [0.1, 0.15) is 17.4 Å². The van der Waals surface area contributed by atoms with Crippen molar-refractivity contribution < 1.29 is 9.53 Å². The van der Waals surface area contributed by atoms with Gasteiger partial charge in [0.15, 0.2) is 0 Å². The van der Waals surface area contributed by atoms with Gasteiger partial charge in [-0.3, -0.25) is 4.79 Å². The molecule has 200 valence electrons. The van der Waals surface area contributed by atoms with E-state index in [9.17, 15) is 14.9 Å². The van der Waals surface area contributed by atoms with Gasteiger partial charge in [0.05, 0.1) is 32.9 Å². The molecule has 5 rings (SSSR count). The van der Waals surface area contributed by atoms with Gasteiger partial charge >= 0.3 is 5.97 Å². The van der Waals surface area contributed by atoms with Crippen LogP contribution in [0.1, 0.15) is 49.3 Å². The van der Waals surface area contributed by atoms with Crippen LogP contribution in [0.4, 0.5) is 0 Å². The number of H-pyrrole nitrogens is 1. The van der Waals surface area contributed by atoms with E-state index in [1.807, 2.05) is 12.1 Å². The summed E-state index contributed by atoms with van der Waals surface area (Å²) in [6.45, 7) is 0.504. The van der Waals surface area contributed by atoms with E-state index in [1.165, 1.54) is 10.6 Å². The minimum absolute atomic E-state index is 0.0671. The zero-order chi connectivity index (χ0) is 27.7. The Bertz CT molecular complexity index is 1670. The van der Waals surface area contributed by atoms with E-state index < -0.39 is 17.6 Å². The Morgan fingerprint density at radius 2 is 1.97 bits per heavy atom. The summed E-state index contributed by atoms with van der Waals surface area (Å²) in [5, 5.41) is 14.9. The molecule has 1 atom stereocenters. The lowest BCUT2D eigenvalue weighted by molar-refractivity contribution is -0.136. The summed E-state index contributed by atoms with van der Waals surface area (Å²) >= 11 is 12.4. The second kappa shape index (κ2) is 11.2. The van der Waals surface area contributed by atoms with Gasteiger partial charge in [0.2, 0.25) is 0 Å². The average Bonchev–Trinajstić information content (AvgIpc) is 3.70. The number of nitrogens with two attached hydrogens (primary N) is 2. The highest BCUT2D eigenvalue weighted by Gasteiger charge is 2.32. The first-order valence-electron chi connectivity index (χ1n) is 12.6. The van der Waals surface area contributed by atoms with Crippen LogP contribution >= 0.6 is 23.2 Å². The maximum atomic E-state index is 13.8. The average molecular weight is 565 g/mol. The van der Waals surface area contributed by atoms with Crippen LogP contribution < -0.4 is 21.8 Å². The molecule has 1 aliphatic rings. The van der Waals surface area contributed by atoms with Crippen LogP contribution in [0.5, 0.6) is 5.75 Å². The number of rotatable bonds is 9. The molecule has 2 aromatic carbocycles. The Morgan fingerprint density at radius 3 is 2.67 bits per heavy atom. The number of halogens is 2. The van der Waals surface area contributed by atoms with Crippen molar-refractivity contribution in [2.24, 2.45) is 11.5 Å². The zero-order valence-corrected chi connectivity index (χ0v) is 22.4. The van der Waals surface area contributed by atoms with Crippen LogP contribution in [0.15, 0.2) is 47.4 Å². The van der Waals surface area contributed by atoms with Crippen molar-refractivity contribution in [2.45, 2.75) is 44.1 Å². The fourth-order valence-corrected chi connectivity index (χ4v) is 4.81. The normalized spacial score (nSPS) is 13.8. The molecule has 0 spiro atoms. The van der Waals surface area contributed by atoms with Crippen molar-refractivity contribution >= 4 is 34.8 Å². The number of carbonyl (C=O) groups is 1. The third-order valence-corrected chi connectivity index (χ3v) is 7.48. The summed E-state index contributed by atoms with van der Waals surface area (Å²) in [7, 11) is 0. The smallest absolute Gasteiger partial charge is 0.328 e. The maximum Gasteiger partial charge on any atom is 0.328 e. The summed E-state index contributed by atoms with van der Waals surface area (Å²) in [6, 6.07) is 11.0. The van der Waals surface area contributed by atoms with Gasteiger partial charge in [-0.1, -0.05) is 35.7 Å². The number of benzene rings is 2. The topological polar surface area (TPSA) is 152 Å². The van der Waals surface area contributed by atoms with Crippen molar-refractivity contribution in [1.29, 1.82) is 5.26 Å². The number of unbranched alkanes of at least 4 members (excludes halogenated alkanes) is 1. The maximum absolute atomic E-state index is 13.8. The van der Waals surface area contributed by atoms with Gasteiger partial charge in [-0.15, -0.1) is 0 Å². The first-order chi connectivity index (χ1) is 18.8. The monoisotopic (exact) mass is 564 g/mol. The van der Waals surface area contributed by atoms with Crippen LogP contribution in [-0.4, -0.2) is 33.2 Å². The van der Waals surface area contributed by atoms with Crippen LogP contribution in [-0.2, 0) is 4.79 Å². The number of nitrogens with one attached hydrogen (secondary N) is 1. The van der Waals surface area contributed by atoms with Gasteiger partial charge in [-0.05, 0) is 68.1 Å². The molecule has 0 unspecified atom stereocenters. The summed E-state index contributed by atoms with van der Waals surface area (Å²) in [5.74, 6) is -0.354. The summed E-state index contributed by atoms with van der Waals surface area (Å²) in [6.07, 6.45) is 5.32. The summed E-state index contributed by atoms with van der Waals surface area (Å²) < 4.78 is 6.94. The second-order valence-corrected chi connectivity index (χ2v) is 10.4. The SMILES string of the molecule is N#Cc1ccc(-c2c[nH]c3c(-c4ccc(Cl)c(Cl)c4)c(C4CC4)nn3c2=O)c(OC(=O)[C@H](N)CCCCN)c1. The Kier molecular flexibility index (Phi) is 7.73. The van der Waals surface area contributed by atoms with Gasteiger partial charge in [-0.2, -0.15) is 14.9 Å². The number of ether oxygens (including phenoxy) is 1. The van der Waals surface area contributed by atoms with E-state index in [2.05, 4.69) is 10.1 Å². The lowest BCUT2D eigenvalue weighted by atomic mass is 10.0. The summed E-state index contributed by atoms with van der Waals surface area (Å²) in [4.78, 5) is 29.7. The van der Waals surface area contributed by atoms with Crippen LogP contribution in [0.25, 0.3) is 27.9 Å². The molecule has 0 saturated heterocycles. The van der Waals surface area contributed by atoms with Crippen molar-refractivity contribution in [2.75, 3.05) is 6.54 Å². The quantitative estimate of drug-likeness (QED) is 0.150. The molecule has 39 heavy (non-hydrogen) atoms. The largest absolute Gasteiger partial charge is 0.425 e. The van der Waals surface area contributed by atoms with Crippen LogP contribution in [0, 0.1) is 11.3 Å². The molecule has 11 heteroatoms. The number of hydrogen-bond acceptors (Lipinski definition) is 7. The highest BCUT2D eigenvalue weighted by atomic mass is 35.5. The molecule has 0 amide bonds. The molecule has 1 fully saturated rings. The van der Waals surface area contributed by atoms with Crippen molar-refractivity contribution in [3.8, 4) is 34.1 Å². The number of nitrogens with zero attached hydrogens (tertiary/aromatic N) is 3. The number of fused-ring (bicyclic) bond motifs is 1. The number of carbonyl (C=O) groups excluding carboxylic acids is 1. The first kappa shape index (κ1) is 26.9. The standard InChI is InChI=1S/C28H26Cl2N6O3/c29-20-9-7-17(12-21(20)30)24-25(16-5-6-16)35-36-26(24)34-14-19(27(36)37)18-8-4-15(13-32)11-23(18)39-28(38)22(33)3-1-2-10-31/h4,7-9,11-12,14,16,22,34H,1-3,5-6,10,31,33H2/t22-/m1/s1. The first-order valence-corrected chi connectivity index (χ1v) is 13.4. The van der Waals surface area contributed by atoms with Crippen molar-refractivity contribution in [3.63, 3.8) is 0 Å². The molecular weight excluding hydrogens is 539 g/mol. The summed E-state index contributed by atoms with van der Waals surface area (Å²) in [5.41, 5.74) is 14.8. The fourth-order valence-electron chi connectivity index (χ4n) is 4.51. The van der Waals surface area contributed by atoms with Crippen LogP contribution in [0.3, 0.4) is 0 Å². The molecule has 1 aliphatic carbocycles. The highest BCUT2D eigenvalue weighted by Crippen LogP contribution is 2.45. The Hall–Kier alpha value is -3.68. The molecule has 1 saturated carbocycles. The van der Waals surface area contributed by atoms with E-state index in [4.69, 9.17) is 39.4 Å². The zero-order valence-electron chi connectivity index (χ0n) is 20.9. The molecule has 9 nitrogen and oxygen atoms in total. The van der Waals surface area contributed by atoms with Crippen molar-refractivity contribution in [3.05, 3.63) is 74.3 Å². The Labute approximate surface area is 234 Å². The van der Waals surface area contributed by atoms with Crippen LogP contribution in [0.2, 0.25) is 10.0 Å². The van der Waals surface area contributed by atoms with E-state index in [1.54, 1.807) is 30.5 Å². The molecule has 0 radical (unpaired) electrons. The van der Waals surface area contributed by atoms with Crippen molar-refractivity contribution in [1.82, 2.24) is 14.6 Å². The molecule has 2 heterocycles. The highest BCUT2D eigenvalue weighted by molar-refractivity contribution is 6.42. The molecular formula is C28H26Cl2N6O3. The minimum Gasteiger partial charge on any atom is -0.425 e. The number of aromatic nitrogens is 3. The third-order valence-electron chi connectivity index (χ3n) is 6.74. The molecule has 0 aliphatic heterocycles. The van der Waals surface area contributed by atoms with E-state index >= 15 is 0 Å². The Morgan fingerprint density at radius 1 is 1.18 bits per heavy atom. The number of esters is 1. The Balaban J connectivity index is 1.59. The van der Waals surface area contributed by atoms with E-state index in [0.717, 1.165) is 36.1 Å². The third kappa shape index (κ3) is 5.42. The number of nitriles is 1. The molecule has 5 N–H and O–H groups in total. The van der Waals surface area contributed by atoms with Gasteiger partial charge in [0, 0.05) is 23.2 Å². The lowest BCUT2D eigenvalue weighted by Gasteiger charge is -2.14. The predicted octanol–water partition coefficient (Wildman–Crippen LogP) is 4.77. The number of aromatic amines is 1. The van der Waals surface area contributed by atoms with E-state index in [0.29, 0.717) is 40.6 Å².